The standard InChI is InChI=1S/C26H26N2O6S/c1-5-34-26(30)22-21(17-12-9-13-19(31-2)24(17)33-4)18(14-27)25(35-15-20(29)32-3)28-23(22)16-10-7-6-8-11-16/h6-13,21,28H,5,15H2,1-4H3/t21-/m0/s1. The molecule has 0 saturated carbocycles. The van der Waals surface area contributed by atoms with Gasteiger partial charge in [0.1, 0.15) is 0 Å². The van der Waals surface area contributed by atoms with Crippen LogP contribution in [0, 0.1) is 11.3 Å². The third kappa shape index (κ3) is 5.44. The van der Waals surface area contributed by atoms with E-state index in [-0.39, 0.29) is 23.5 Å². The second-order valence-corrected chi connectivity index (χ2v) is 8.22. The van der Waals surface area contributed by atoms with Gasteiger partial charge in [-0.25, -0.2) is 4.79 Å². The van der Waals surface area contributed by atoms with Crippen LogP contribution in [0.4, 0.5) is 0 Å². The minimum absolute atomic E-state index is 0.0250. The summed E-state index contributed by atoms with van der Waals surface area (Å²) in [5.41, 5.74) is 2.25. The Hall–Kier alpha value is -3.90. The number of dihydropyridines is 1. The number of rotatable bonds is 9. The smallest absolute Gasteiger partial charge is 0.337 e. The van der Waals surface area contributed by atoms with E-state index in [1.165, 1.54) is 21.3 Å². The van der Waals surface area contributed by atoms with Crippen molar-refractivity contribution in [2.45, 2.75) is 12.8 Å². The van der Waals surface area contributed by atoms with Crippen LogP contribution in [0.2, 0.25) is 0 Å². The maximum atomic E-state index is 13.4. The molecule has 0 amide bonds. The lowest BCUT2D eigenvalue weighted by molar-refractivity contribution is -0.139. The summed E-state index contributed by atoms with van der Waals surface area (Å²) in [6.45, 7) is 1.87. The number of thioether (sulfide) groups is 1. The number of hydrogen-bond donors (Lipinski definition) is 1. The SMILES string of the molecule is CCOC(=O)C1=C(c2ccccc2)NC(SCC(=O)OC)=C(C#N)[C@@H]1c1cccc(OC)c1OC. The molecule has 2 aromatic carbocycles. The van der Waals surface area contributed by atoms with Crippen molar-refractivity contribution >= 4 is 29.4 Å². The Balaban J connectivity index is 2.34. The van der Waals surface area contributed by atoms with Crippen molar-refractivity contribution < 1.29 is 28.5 Å². The lowest BCUT2D eigenvalue weighted by atomic mass is 9.80. The fraction of sp³-hybridized carbons (Fsp3) is 0.269. The number of benzene rings is 2. The van der Waals surface area contributed by atoms with E-state index in [1.54, 1.807) is 25.1 Å². The molecular formula is C26H26N2O6S. The molecule has 3 rings (SSSR count). The summed E-state index contributed by atoms with van der Waals surface area (Å²) in [5.74, 6) is -1.05. The van der Waals surface area contributed by atoms with Crippen molar-refractivity contribution in [2.24, 2.45) is 0 Å². The topological polar surface area (TPSA) is 107 Å². The van der Waals surface area contributed by atoms with Gasteiger partial charge < -0.3 is 24.3 Å². The molecule has 1 N–H and O–H groups in total. The Morgan fingerprint density at radius 2 is 1.80 bits per heavy atom. The van der Waals surface area contributed by atoms with Crippen molar-refractivity contribution in [3.63, 3.8) is 0 Å². The molecule has 1 aliphatic heterocycles. The average Bonchev–Trinajstić information content (AvgIpc) is 2.90. The fourth-order valence-electron chi connectivity index (χ4n) is 3.80. The second-order valence-electron chi connectivity index (χ2n) is 7.24. The molecule has 0 radical (unpaired) electrons. The summed E-state index contributed by atoms with van der Waals surface area (Å²) >= 11 is 1.12. The molecule has 0 unspecified atom stereocenters. The molecule has 0 saturated heterocycles. The predicted octanol–water partition coefficient (Wildman–Crippen LogP) is 4.01. The van der Waals surface area contributed by atoms with E-state index >= 15 is 0 Å². The van der Waals surface area contributed by atoms with Crippen molar-refractivity contribution in [3.05, 3.63) is 75.8 Å². The summed E-state index contributed by atoms with van der Waals surface area (Å²) in [6.07, 6.45) is 0. The summed E-state index contributed by atoms with van der Waals surface area (Å²) in [4.78, 5) is 25.3. The number of allylic oxidation sites excluding steroid dienone is 1. The van der Waals surface area contributed by atoms with Gasteiger partial charge in [0, 0.05) is 5.56 Å². The molecule has 2 aromatic rings. The highest BCUT2D eigenvalue weighted by molar-refractivity contribution is 8.03. The van der Waals surface area contributed by atoms with E-state index in [0.29, 0.717) is 27.8 Å². The maximum Gasteiger partial charge on any atom is 0.337 e. The quantitative estimate of drug-likeness (QED) is 0.518. The minimum Gasteiger partial charge on any atom is -0.493 e. The molecule has 9 heteroatoms. The molecule has 0 aromatic heterocycles. The second kappa shape index (κ2) is 12.0. The highest BCUT2D eigenvalue weighted by Crippen LogP contribution is 2.48. The van der Waals surface area contributed by atoms with Crippen LogP contribution in [0.3, 0.4) is 0 Å². The normalized spacial score (nSPS) is 15.1. The molecule has 0 bridgehead atoms. The number of nitriles is 1. The van der Waals surface area contributed by atoms with Gasteiger partial charge in [0.25, 0.3) is 0 Å². The first-order valence-electron chi connectivity index (χ1n) is 10.8. The van der Waals surface area contributed by atoms with Gasteiger partial charge in [-0.2, -0.15) is 5.26 Å². The monoisotopic (exact) mass is 494 g/mol. The lowest BCUT2D eigenvalue weighted by Crippen LogP contribution is -2.29. The summed E-state index contributed by atoms with van der Waals surface area (Å²) < 4.78 is 21.3. The average molecular weight is 495 g/mol. The van der Waals surface area contributed by atoms with Gasteiger partial charge in [0.15, 0.2) is 11.5 Å². The van der Waals surface area contributed by atoms with Gasteiger partial charge in [-0.05, 0) is 18.6 Å². The molecule has 182 valence electrons. The van der Waals surface area contributed by atoms with Crippen molar-refractivity contribution in [3.8, 4) is 17.6 Å². The Labute approximate surface area is 208 Å². The number of esters is 2. The van der Waals surface area contributed by atoms with Crippen LogP contribution in [0.5, 0.6) is 11.5 Å². The van der Waals surface area contributed by atoms with Crippen LogP contribution in [0.15, 0.2) is 64.7 Å². The first kappa shape index (κ1) is 25.7. The van der Waals surface area contributed by atoms with Crippen LogP contribution in [-0.2, 0) is 19.1 Å². The Kier molecular flexibility index (Phi) is 8.81. The number of carbonyl (C=O) groups is 2. The molecular weight excluding hydrogens is 468 g/mol. The van der Waals surface area contributed by atoms with E-state index in [0.717, 1.165) is 17.3 Å². The van der Waals surface area contributed by atoms with Gasteiger partial charge in [0.05, 0.1) is 67.5 Å². The maximum absolute atomic E-state index is 13.4. The summed E-state index contributed by atoms with van der Waals surface area (Å²) in [5, 5.41) is 13.9. The molecule has 1 heterocycles. The van der Waals surface area contributed by atoms with E-state index in [2.05, 4.69) is 11.4 Å². The van der Waals surface area contributed by atoms with Crippen LogP contribution in [-0.4, -0.2) is 45.6 Å². The Bertz CT molecular complexity index is 1200. The third-order valence-electron chi connectivity index (χ3n) is 5.31. The van der Waals surface area contributed by atoms with Crippen LogP contribution in [0.25, 0.3) is 5.70 Å². The van der Waals surface area contributed by atoms with Crippen molar-refractivity contribution in [2.75, 3.05) is 33.7 Å². The van der Waals surface area contributed by atoms with Gasteiger partial charge in [-0.15, -0.1) is 0 Å². The van der Waals surface area contributed by atoms with Gasteiger partial charge >= 0.3 is 11.9 Å². The predicted molar refractivity (Wildman–Crippen MR) is 133 cm³/mol. The number of para-hydroxylation sites is 1. The highest BCUT2D eigenvalue weighted by Gasteiger charge is 2.39. The highest BCUT2D eigenvalue weighted by atomic mass is 32.2. The molecule has 8 nitrogen and oxygen atoms in total. The van der Waals surface area contributed by atoms with Crippen LogP contribution < -0.4 is 14.8 Å². The van der Waals surface area contributed by atoms with Gasteiger partial charge in [0.2, 0.25) is 0 Å². The van der Waals surface area contributed by atoms with Crippen LogP contribution in [0.1, 0.15) is 24.0 Å². The lowest BCUT2D eigenvalue weighted by Gasteiger charge is -2.31. The molecule has 0 aliphatic carbocycles. The van der Waals surface area contributed by atoms with Crippen molar-refractivity contribution in [1.82, 2.24) is 5.32 Å². The number of methoxy groups -OCH3 is 3. The Morgan fingerprint density at radius 1 is 1.06 bits per heavy atom. The summed E-state index contributed by atoms with van der Waals surface area (Å²) in [7, 11) is 4.31. The summed E-state index contributed by atoms with van der Waals surface area (Å²) in [6, 6.07) is 16.8. The Morgan fingerprint density at radius 3 is 2.40 bits per heavy atom. The molecule has 1 atom stereocenters. The molecule has 0 spiro atoms. The number of nitrogens with zero attached hydrogens (tertiary/aromatic N) is 1. The molecule has 35 heavy (non-hydrogen) atoms. The van der Waals surface area contributed by atoms with Gasteiger partial charge in [-0.3, -0.25) is 4.79 Å². The fourth-order valence-corrected chi connectivity index (χ4v) is 4.67. The van der Waals surface area contributed by atoms with Gasteiger partial charge in [-0.1, -0.05) is 54.2 Å². The number of hydrogen-bond acceptors (Lipinski definition) is 9. The van der Waals surface area contributed by atoms with E-state index in [1.807, 2.05) is 30.3 Å². The molecule has 1 aliphatic rings. The first-order chi connectivity index (χ1) is 17.0. The zero-order valence-electron chi connectivity index (χ0n) is 19.9. The van der Waals surface area contributed by atoms with Crippen molar-refractivity contribution in [1.29, 1.82) is 5.26 Å². The zero-order valence-corrected chi connectivity index (χ0v) is 20.7. The number of carbonyl (C=O) groups excluding carboxylic acids is 2. The van der Waals surface area contributed by atoms with E-state index in [4.69, 9.17) is 18.9 Å². The third-order valence-corrected chi connectivity index (χ3v) is 6.31. The first-order valence-corrected chi connectivity index (χ1v) is 11.8. The largest absolute Gasteiger partial charge is 0.493 e. The zero-order chi connectivity index (χ0) is 25.4. The number of ether oxygens (including phenoxy) is 4. The number of nitrogens with one attached hydrogen (secondary N) is 1. The van der Waals surface area contributed by atoms with E-state index < -0.39 is 17.9 Å². The van der Waals surface area contributed by atoms with E-state index in [9.17, 15) is 14.9 Å². The van der Waals surface area contributed by atoms with Crippen LogP contribution >= 0.6 is 11.8 Å². The minimum atomic E-state index is -0.847. The molecule has 0 fully saturated rings.